The fraction of sp³-hybridized carbons (Fsp3) is 0.818. The summed E-state index contributed by atoms with van der Waals surface area (Å²) in [5, 5.41) is 10.5. The van der Waals surface area contributed by atoms with E-state index in [0.717, 1.165) is 17.7 Å². The first-order chi connectivity index (χ1) is 7.91. The summed E-state index contributed by atoms with van der Waals surface area (Å²) >= 11 is 0. The molecule has 0 saturated carbocycles. The van der Waals surface area contributed by atoms with Crippen LogP contribution in [0.1, 0.15) is 33.1 Å². The number of rotatable bonds is 3. The van der Waals surface area contributed by atoms with Crippen molar-refractivity contribution in [2.24, 2.45) is 0 Å². The van der Waals surface area contributed by atoms with Crippen LogP contribution in [0.3, 0.4) is 0 Å². The van der Waals surface area contributed by atoms with Gasteiger partial charge < -0.3 is 10.0 Å². The fourth-order valence-corrected chi connectivity index (χ4v) is 2.11. The Kier molecular flexibility index (Phi) is 4.74. The summed E-state index contributed by atoms with van der Waals surface area (Å²) in [4.78, 5) is 23.4. The molecule has 1 aliphatic heterocycles. The maximum Gasteiger partial charge on any atom is 0.332 e. The number of nitrogens with one attached hydrogen (secondary N) is 1. The first-order valence-electron chi connectivity index (χ1n) is 5.93. The minimum Gasteiger partial charge on any atom is -0.480 e. The van der Waals surface area contributed by atoms with Gasteiger partial charge >= 0.3 is 12.0 Å². The third-order valence-electron chi connectivity index (χ3n) is 3.14. The van der Waals surface area contributed by atoms with Crippen molar-refractivity contribution in [1.29, 1.82) is 0 Å². The van der Waals surface area contributed by atoms with Crippen LogP contribution < -0.4 is 5.43 Å². The van der Waals surface area contributed by atoms with Crippen molar-refractivity contribution in [2.75, 3.05) is 13.6 Å². The van der Waals surface area contributed by atoms with E-state index in [1.165, 1.54) is 13.5 Å². The molecule has 6 heteroatoms. The van der Waals surface area contributed by atoms with Crippen molar-refractivity contribution in [1.82, 2.24) is 15.3 Å². The van der Waals surface area contributed by atoms with E-state index in [1.807, 2.05) is 5.01 Å². The van der Waals surface area contributed by atoms with E-state index in [9.17, 15) is 9.59 Å². The van der Waals surface area contributed by atoms with Crippen LogP contribution in [0.15, 0.2) is 0 Å². The highest BCUT2D eigenvalue weighted by Gasteiger charge is 2.27. The van der Waals surface area contributed by atoms with E-state index in [0.29, 0.717) is 12.1 Å². The van der Waals surface area contributed by atoms with Crippen molar-refractivity contribution in [3.05, 3.63) is 0 Å². The number of carbonyl (C=O) groups excluding carboxylic acids is 1. The first kappa shape index (κ1) is 13.8. The second-order valence-electron chi connectivity index (χ2n) is 4.70. The highest BCUT2D eigenvalue weighted by molar-refractivity contribution is 5.79. The summed E-state index contributed by atoms with van der Waals surface area (Å²) in [7, 11) is 1.47. The number of carbonyl (C=O) groups is 2. The molecule has 1 heterocycles. The van der Waals surface area contributed by atoms with Crippen LogP contribution in [0, 0.1) is 0 Å². The lowest BCUT2D eigenvalue weighted by molar-refractivity contribution is -0.137. The third-order valence-corrected chi connectivity index (χ3v) is 3.14. The normalized spacial score (nSPS) is 25.4. The minimum absolute atomic E-state index is 0.289. The molecule has 1 rings (SSSR count). The molecular weight excluding hydrogens is 222 g/mol. The van der Waals surface area contributed by atoms with Gasteiger partial charge in [-0.3, -0.25) is 10.2 Å². The standard InChI is InChI=1S/C11H21N3O3/c1-8-5-4-6-9(2)14(8)12-11(17)13(3)7-10(15)16/h8-9H,4-7H2,1-3H3,(H,12,17)(H,15,16). The molecule has 2 amide bonds. The molecule has 2 N–H and O–H groups in total. The highest BCUT2D eigenvalue weighted by atomic mass is 16.4. The van der Waals surface area contributed by atoms with E-state index in [-0.39, 0.29) is 12.6 Å². The van der Waals surface area contributed by atoms with Crippen LogP contribution in [-0.2, 0) is 4.79 Å². The Morgan fingerprint density at radius 2 is 1.88 bits per heavy atom. The largest absolute Gasteiger partial charge is 0.480 e. The van der Waals surface area contributed by atoms with Gasteiger partial charge in [0.25, 0.3) is 0 Å². The number of amides is 2. The van der Waals surface area contributed by atoms with E-state index < -0.39 is 5.97 Å². The van der Waals surface area contributed by atoms with E-state index in [4.69, 9.17) is 5.11 Å². The van der Waals surface area contributed by atoms with Crippen molar-refractivity contribution in [3.8, 4) is 0 Å². The average Bonchev–Trinajstić information content (AvgIpc) is 2.22. The molecule has 1 saturated heterocycles. The summed E-state index contributed by atoms with van der Waals surface area (Å²) in [6, 6.07) is 0.217. The molecule has 0 aromatic heterocycles. The lowest BCUT2D eigenvalue weighted by Crippen LogP contribution is -2.57. The highest BCUT2D eigenvalue weighted by Crippen LogP contribution is 2.20. The van der Waals surface area contributed by atoms with E-state index in [1.54, 1.807) is 0 Å². The van der Waals surface area contributed by atoms with Crippen LogP contribution in [0.5, 0.6) is 0 Å². The zero-order valence-electron chi connectivity index (χ0n) is 10.6. The van der Waals surface area contributed by atoms with Gasteiger partial charge in [0.15, 0.2) is 0 Å². The molecule has 2 unspecified atom stereocenters. The number of urea groups is 1. The predicted molar refractivity (Wildman–Crippen MR) is 63.4 cm³/mol. The van der Waals surface area contributed by atoms with Gasteiger partial charge in [0, 0.05) is 19.1 Å². The topological polar surface area (TPSA) is 72.9 Å². The van der Waals surface area contributed by atoms with Crippen molar-refractivity contribution in [2.45, 2.75) is 45.2 Å². The Hall–Kier alpha value is -1.30. The number of hydrazine groups is 1. The maximum atomic E-state index is 11.7. The minimum atomic E-state index is -1.01. The first-order valence-corrected chi connectivity index (χ1v) is 5.93. The zero-order chi connectivity index (χ0) is 13.0. The van der Waals surface area contributed by atoms with Crippen LogP contribution in [0.4, 0.5) is 4.79 Å². The number of likely N-dealkylation sites (N-methyl/N-ethyl adjacent to an activating group) is 1. The maximum absolute atomic E-state index is 11.7. The molecule has 2 atom stereocenters. The predicted octanol–water partition coefficient (Wildman–Crippen LogP) is 0.890. The van der Waals surface area contributed by atoms with E-state index in [2.05, 4.69) is 19.3 Å². The number of carboxylic acids is 1. The summed E-state index contributed by atoms with van der Waals surface area (Å²) in [5.74, 6) is -1.01. The molecule has 6 nitrogen and oxygen atoms in total. The second kappa shape index (κ2) is 5.86. The Bertz CT molecular complexity index is 286. The quantitative estimate of drug-likeness (QED) is 0.772. The number of nitrogens with zero attached hydrogens (tertiary/aromatic N) is 2. The molecule has 0 aromatic rings. The molecule has 1 fully saturated rings. The van der Waals surface area contributed by atoms with Crippen LogP contribution in [-0.4, -0.2) is 52.7 Å². The van der Waals surface area contributed by atoms with Gasteiger partial charge in [-0.1, -0.05) is 6.42 Å². The average molecular weight is 243 g/mol. The Labute approximate surface area is 102 Å². The van der Waals surface area contributed by atoms with Gasteiger partial charge in [0.05, 0.1) is 0 Å². The van der Waals surface area contributed by atoms with Crippen molar-refractivity contribution in [3.63, 3.8) is 0 Å². The molecule has 0 aromatic carbocycles. The molecule has 1 aliphatic rings. The zero-order valence-corrected chi connectivity index (χ0v) is 10.6. The molecule has 0 aliphatic carbocycles. The van der Waals surface area contributed by atoms with Crippen molar-refractivity contribution >= 4 is 12.0 Å². The Balaban J connectivity index is 2.51. The monoisotopic (exact) mass is 243 g/mol. The Morgan fingerprint density at radius 3 is 2.35 bits per heavy atom. The summed E-state index contributed by atoms with van der Waals surface area (Å²) in [6.45, 7) is 3.84. The van der Waals surface area contributed by atoms with Crippen LogP contribution in [0.25, 0.3) is 0 Å². The summed E-state index contributed by atoms with van der Waals surface area (Å²) in [5.41, 5.74) is 2.78. The van der Waals surface area contributed by atoms with Crippen LogP contribution in [0.2, 0.25) is 0 Å². The molecular formula is C11H21N3O3. The van der Waals surface area contributed by atoms with Crippen molar-refractivity contribution < 1.29 is 14.7 Å². The number of piperidine rings is 1. The number of carboxylic acid groups (broad SMARTS) is 1. The third kappa shape index (κ3) is 3.89. The van der Waals surface area contributed by atoms with Gasteiger partial charge in [-0.15, -0.1) is 0 Å². The number of aliphatic carboxylic acids is 1. The summed E-state index contributed by atoms with van der Waals surface area (Å²) in [6.07, 6.45) is 3.26. The van der Waals surface area contributed by atoms with Gasteiger partial charge in [0.1, 0.15) is 6.54 Å². The Morgan fingerprint density at radius 1 is 1.35 bits per heavy atom. The molecule has 98 valence electrons. The molecule has 17 heavy (non-hydrogen) atoms. The number of hydrogen-bond acceptors (Lipinski definition) is 3. The van der Waals surface area contributed by atoms with E-state index >= 15 is 0 Å². The fourth-order valence-electron chi connectivity index (χ4n) is 2.11. The SMILES string of the molecule is CC1CCCC(C)N1NC(=O)N(C)CC(=O)O. The van der Waals surface area contributed by atoms with Gasteiger partial charge in [-0.2, -0.15) is 0 Å². The van der Waals surface area contributed by atoms with Gasteiger partial charge in [-0.05, 0) is 26.7 Å². The van der Waals surface area contributed by atoms with Gasteiger partial charge in [-0.25, -0.2) is 9.80 Å². The lowest BCUT2D eigenvalue weighted by atomic mass is 10.00. The van der Waals surface area contributed by atoms with Crippen LogP contribution >= 0.6 is 0 Å². The summed E-state index contributed by atoms with van der Waals surface area (Å²) < 4.78 is 0. The molecule has 0 radical (unpaired) electrons. The van der Waals surface area contributed by atoms with Gasteiger partial charge in [0.2, 0.25) is 0 Å². The lowest BCUT2D eigenvalue weighted by Gasteiger charge is -2.39. The molecule has 0 spiro atoms. The second-order valence-corrected chi connectivity index (χ2v) is 4.70. The number of hydrogen-bond donors (Lipinski definition) is 2. The smallest absolute Gasteiger partial charge is 0.332 e. The molecule has 0 bridgehead atoms.